The Morgan fingerprint density at radius 1 is 0.889 bits per heavy atom. The van der Waals surface area contributed by atoms with Gasteiger partial charge in [0.15, 0.2) is 0 Å². The summed E-state index contributed by atoms with van der Waals surface area (Å²) in [4.78, 5) is 47.9. The molecule has 180 valence electrons. The first-order valence-corrected chi connectivity index (χ1v) is 12.8. The summed E-state index contributed by atoms with van der Waals surface area (Å²) in [6, 6.07) is 24.3. The lowest BCUT2D eigenvalue weighted by atomic mass is 9.75. The molecule has 7 rings (SSSR count). The van der Waals surface area contributed by atoms with Crippen LogP contribution < -0.4 is 9.80 Å². The quantitative estimate of drug-likeness (QED) is 0.504. The highest BCUT2D eigenvalue weighted by molar-refractivity contribution is 6.31. The van der Waals surface area contributed by atoms with Gasteiger partial charge in [0.2, 0.25) is 11.8 Å². The van der Waals surface area contributed by atoms with Crippen molar-refractivity contribution >= 4 is 40.7 Å². The van der Waals surface area contributed by atoms with E-state index < -0.39 is 17.4 Å². The minimum atomic E-state index is -1.18. The number of amides is 3. The maximum Gasteiger partial charge on any atom is 0.253 e. The van der Waals surface area contributed by atoms with E-state index in [2.05, 4.69) is 4.90 Å². The van der Waals surface area contributed by atoms with Crippen LogP contribution in [0, 0.1) is 11.8 Å². The number of carbonyl (C=O) groups excluding carboxylic acids is 3. The third-order valence-electron chi connectivity index (χ3n) is 8.39. The summed E-state index contributed by atoms with van der Waals surface area (Å²) in [7, 11) is 0. The lowest BCUT2D eigenvalue weighted by molar-refractivity contribution is -0.137. The number of para-hydroxylation sites is 1. The molecule has 0 bridgehead atoms. The summed E-state index contributed by atoms with van der Waals surface area (Å²) in [6.45, 7) is 1.10. The molecule has 4 heterocycles. The average molecular weight is 498 g/mol. The third kappa shape index (κ3) is 2.69. The van der Waals surface area contributed by atoms with Crippen LogP contribution in [-0.2, 0) is 26.5 Å². The van der Waals surface area contributed by atoms with Gasteiger partial charge in [0.25, 0.3) is 5.91 Å². The second-order valence-electron chi connectivity index (χ2n) is 10.1. The van der Waals surface area contributed by atoms with Crippen LogP contribution in [0.1, 0.15) is 24.0 Å². The molecule has 0 N–H and O–H groups in total. The van der Waals surface area contributed by atoms with Crippen molar-refractivity contribution in [1.29, 1.82) is 0 Å². The number of hydrogen-bond donors (Lipinski definition) is 0. The van der Waals surface area contributed by atoms with Crippen molar-refractivity contribution in [1.82, 2.24) is 4.90 Å². The molecule has 4 aliphatic heterocycles. The van der Waals surface area contributed by atoms with Crippen LogP contribution in [0.5, 0.6) is 0 Å². The molecule has 3 amide bonds. The summed E-state index contributed by atoms with van der Waals surface area (Å²) in [5, 5.41) is 0.457. The van der Waals surface area contributed by atoms with Crippen molar-refractivity contribution in [3.63, 3.8) is 0 Å². The number of rotatable bonds is 3. The van der Waals surface area contributed by atoms with Crippen LogP contribution in [0.25, 0.3) is 0 Å². The molecular formula is C29H24ClN3O3. The molecular weight excluding hydrogens is 474 g/mol. The average Bonchev–Trinajstić information content (AvgIpc) is 3.59. The fourth-order valence-electron chi connectivity index (χ4n) is 7.13. The van der Waals surface area contributed by atoms with Crippen molar-refractivity contribution in [2.45, 2.75) is 31.0 Å². The number of carbonyl (C=O) groups is 3. The number of benzene rings is 3. The Hall–Kier alpha value is -3.48. The monoisotopic (exact) mass is 497 g/mol. The smallest absolute Gasteiger partial charge is 0.253 e. The molecule has 3 fully saturated rings. The Morgan fingerprint density at radius 2 is 1.67 bits per heavy atom. The highest BCUT2D eigenvalue weighted by Gasteiger charge is 2.75. The fraction of sp³-hybridized carbons (Fsp3) is 0.276. The van der Waals surface area contributed by atoms with Crippen LogP contribution in [0.2, 0.25) is 5.02 Å². The molecule has 3 saturated heterocycles. The van der Waals surface area contributed by atoms with Crippen molar-refractivity contribution in [3.8, 4) is 0 Å². The van der Waals surface area contributed by atoms with Crippen LogP contribution >= 0.6 is 11.6 Å². The van der Waals surface area contributed by atoms with Crippen molar-refractivity contribution < 1.29 is 14.4 Å². The molecule has 4 aliphatic rings. The Labute approximate surface area is 214 Å². The van der Waals surface area contributed by atoms with Gasteiger partial charge >= 0.3 is 0 Å². The number of halogens is 1. The molecule has 3 aromatic rings. The van der Waals surface area contributed by atoms with E-state index in [4.69, 9.17) is 11.6 Å². The predicted molar refractivity (Wildman–Crippen MR) is 136 cm³/mol. The van der Waals surface area contributed by atoms with E-state index in [-0.39, 0.29) is 23.8 Å². The Morgan fingerprint density at radius 3 is 2.47 bits per heavy atom. The fourth-order valence-corrected chi connectivity index (χ4v) is 7.32. The number of anilines is 2. The zero-order valence-electron chi connectivity index (χ0n) is 19.5. The largest absolute Gasteiger partial charge is 0.306 e. The van der Waals surface area contributed by atoms with E-state index in [0.717, 1.165) is 29.7 Å². The van der Waals surface area contributed by atoms with E-state index in [1.165, 1.54) is 4.90 Å². The summed E-state index contributed by atoms with van der Waals surface area (Å²) in [6.07, 6.45) is 1.68. The second kappa shape index (κ2) is 7.76. The number of fused-ring (bicyclic) bond motifs is 7. The van der Waals surface area contributed by atoms with Gasteiger partial charge in [-0.3, -0.25) is 19.3 Å². The highest BCUT2D eigenvalue weighted by Crippen LogP contribution is 2.62. The Kier molecular flexibility index (Phi) is 4.69. The SMILES string of the molecule is O=C1[C@@H]2[C@H]3CCCN3[C@@]3(C(=O)N(Cc4ccccc4)c4ccccc43)[C@@H]2C(=O)N1c1cccc(Cl)c1. The first-order valence-electron chi connectivity index (χ1n) is 12.4. The van der Waals surface area contributed by atoms with Crippen LogP contribution in [0.4, 0.5) is 11.4 Å². The number of hydrogen-bond acceptors (Lipinski definition) is 4. The van der Waals surface area contributed by atoms with Gasteiger partial charge in [-0.1, -0.05) is 66.2 Å². The van der Waals surface area contributed by atoms with Crippen molar-refractivity contribution in [2.75, 3.05) is 16.3 Å². The van der Waals surface area contributed by atoms with Gasteiger partial charge in [0, 0.05) is 22.3 Å². The molecule has 0 unspecified atom stereocenters. The van der Waals surface area contributed by atoms with Gasteiger partial charge in [-0.05, 0) is 49.2 Å². The molecule has 0 radical (unpaired) electrons. The molecule has 0 aliphatic carbocycles. The first-order chi connectivity index (χ1) is 17.5. The third-order valence-corrected chi connectivity index (χ3v) is 8.63. The minimum Gasteiger partial charge on any atom is -0.306 e. The lowest BCUT2D eigenvalue weighted by Gasteiger charge is -2.37. The summed E-state index contributed by atoms with van der Waals surface area (Å²) in [5.41, 5.74) is 1.95. The molecule has 0 saturated carbocycles. The maximum atomic E-state index is 14.6. The highest BCUT2D eigenvalue weighted by atomic mass is 35.5. The van der Waals surface area contributed by atoms with Gasteiger partial charge in [-0.25, -0.2) is 4.90 Å². The van der Waals surface area contributed by atoms with Crippen molar-refractivity contribution in [3.05, 3.63) is 95.0 Å². The summed E-state index contributed by atoms with van der Waals surface area (Å²) >= 11 is 6.22. The molecule has 0 aromatic heterocycles. The number of nitrogens with zero attached hydrogens (tertiary/aromatic N) is 3. The van der Waals surface area contributed by atoms with Gasteiger partial charge < -0.3 is 4.90 Å². The molecule has 1 spiro atoms. The topological polar surface area (TPSA) is 60.9 Å². The molecule has 3 aromatic carbocycles. The molecule has 7 heteroatoms. The zero-order chi connectivity index (χ0) is 24.6. The standard InChI is InChI=1S/C29H24ClN3O3/c30-19-10-6-11-20(16-19)33-26(34)24-23-14-7-15-32(23)29(25(24)27(33)35)21-12-4-5-13-22(21)31(28(29)36)17-18-8-2-1-3-9-18/h1-6,8-13,16,23-25H,7,14-15,17H2/t23-,24-,25+,29-/m1/s1. The van der Waals surface area contributed by atoms with E-state index in [1.807, 2.05) is 59.5 Å². The van der Waals surface area contributed by atoms with Gasteiger partial charge in [0.05, 0.1) is 24.1 Å². The van der Waals surface area contributed by atoms with Crippen LogP contribution in [0.3, 0.4) is 0 Å². The molecule has 36 heavy (non-hydrogen) atoms. The molecule has 6 nitrogen and oxygen atoms in total. The number of imide groups is 1. The van der Waals surface area contributed by atoms with Crippen LogP contribution in [0.15, 0.2) is 78.9 Å². The second-order valence-corrected chi connectivity index (χ2v) is 10.5. The lowest BCUT2D eigenvalue weighted by Crippen LogP contribution is -2.55. The van der Waals surface area contributed by atoms with Crippen LogP contribution in [-0.4, -0.2) is 35.2 Å². The van der Waals surface area contributed by atoms with E-state index in [0.29, 0.717) is 23.8 Å². The van der Waals surface area contributed by atoms with Gasteiger partial charge in [-0.2, -0.15) is 0 Å². The van der Waals surface area contributed by atoms with Gasteiger partial charge in [-0.15, -0.1) is 0 Å². The minimum absolute atomic E-state index is 0.110. The maximum absolute atomic E-state index is 14.6. The van der Waals surface area contributed by atoms with E-state index in [9.17, 15) is 14.4 Å². The Balaban J connectivity index is 1.40. The summed E-state index contributed by atoms with van der Waals surface area (Å²) in [5.74, 6) is -1.99. The van der Waals surface area contributed by atoms with E-state index >= 15 is 0 Å². The predicted octanol–water partition coefficient (Wildman–Crippen LogP) is 4.37. The summed E-state index contributed by atoms with van der Waals surface area (Å²) < 4.78 is 0. The first kappa shape index (κ1) is 21.8. The zero-order valence-corrected chi connectivity index (χ0v) is 20.3. The van der Waals surface area contributed by atoms with Crippen molar-refractivity contribution in [2.24, 2.45) is 11.8 Å². The normalized spacial score (nSPS) is 28.8. The van der Waals surface area contributed by atoms with E-state index in [1.54, 1.807) is 24.3 Å². The Bertz CT molecular complexity index is 1430. The molecule has 4 atom stereocenters. The van der Waals surface area contributed by atoms with Gasteiger partial charge in [0.1, 0.15) is 5.54 Å².